The van der Waals surface area contributed by atoms with E-state index in [1.165, 1.54) is 0 Å². The largest absolute Gasteiger partial charge is 0.508 e. The number of hydrogen-bond acceptors (Lipinski definition) is 4. The molecule has 4 aromatic carbocycles. The number of carboxylic acids is 1. The molecule has 0 saturated carbocycles. The van der Waals surface area contributed by atoms with Crippen molar-refractivity contribution >= 4 is 33.6 Å². The number of carboxylic acid groups (broad SMARTS) is 1. The predicted molar refractivity (Wildman–Crippen MR) is 137 cm³/mol. The lowest BCUT2D eigenvalue weighted by atomic mass is 10.0. The summed E-state index contributed by atoms with van der Waals surface area (Å²) in [6.45, 7) is 0.458. The highest BCUT2D eigenvalue weighted by molar-refractivity contribution is 6.00. The Kier molecular flexibility index (Phi) is 6.28. The number of aromatic amines is 1. The minimum Gasteiger partial charge on any atom is -0.508 e. The van der Waals surface area contributed by atoms with E-state index in [9.17, 15) is 19.8 Å². The van der Waals surface area contributed by atoms with Crippen molar-refractivity contribution in [3.8, 4) is 11.5 Å². The Morgan fingerprint density at radius 2 is 1.69 bits per heavy atom. The Bertz CT molecular complexity index is 1560. The molecule has 0 bridgehead atoms. The Morgan fingerprint density at radius 3 is 2.50 bits per heavy atom. The highest BCUT2D eigenvalue weighted by atomic mass is 16.5. The summed E-state index contributed by atoms with van der Waals surface area (Å²) in [7, 11) is 0. The molecule has 1 amide bonds. The van der Waals surface area contributed by atoms with E-state index in [2.05, 4.69) is 10.3 Å². The van der Waals surface area contributed by atoms with Gasteiger partial charge in [-0.3, -0.25) is 4.79 Å². The summed E-state index contributed by atoms with van der Waals surface area (Å²) in [4.78, 5) is 27.9. The smallest absolute Gasteiger partial charge is 0.326 e. The summed E-state index contributed by atoms with van der Waals surface area (Å²) in [5.74, 6) is -0.807. The van der Waals surface area contributed by atoms with E-state index in [0.717, 1.165) is 27.6 Å². The van der Waals surface area contributed by atoms with Crippen LogP contribution in [0.1, 0.15) is 21.5 Å². The average Bonchev–Trinajstić information content (AvgIpc) is 3.28. The molecule has 5 aromatic rings. The van der Waals surface area contributed by atoms with Gasteiger partial charge in [0.2, 0.25) is 0 Å². The number of aromatic nitrogens is 1. The molecule has 0 aliphatic carbocycles. The summed E-state index contributed by atoms with van der Waals surface area (Å²) < 4.78 is 5.88. The Hall–Kier alpha value is -4.78. The molecule has 0 aliphatic rings. The van der Waals surface area contributed by atoms with Crippen molar-refractivity contribution < 1.29 is 24.5 Å². The van der Waals surface area contributed by atoms with E-state index in [0.29, 0.717) is 23.1 Å². The van der Waals surface area contributed by atoms with E-state index >= 15 is 0 Å². The van der Waals surface area contributed by atoms with Crippen molar-refractivity contribution in [1.29, 1.82) is 0 Å². The van der Waals surface area contributed by atoms with Crippen LogP contribution in [0.4, 0.5) is 0 Å². The van der Waals surface area contributed by atoms with E-state index in [1.54, 1.807) is 36.5 Å². The molecular formula is C29H24N2O5. The zero-order valence-electron chi connectivity index (χ0n) is 19.3. The number of carbonyl (C=O) groups is 2. The first-order chi connectivity index (χ1) is 17.5. The molecule has 1 heterocycles. The summed E-state index contributed by atoms with van der Waals surface area (Å²) >= 11 is 0. The lowest BCUT2D eigenvalue weighted by Crippen LogP contribution is -2.42. The average molecular weight is 481 g/mol. The fourth-order valence-electron chi connectivity index (χ4n) is 4.19. The number of phenols is 1. The Labute approximate surface area is 207 Å². The number of nitrogens with one attached hydrogen (secondary N) is 2. The first-order valence-corrected chi connectivity index (χ1v) is 11.5. The van der Waals surface area contributed by atoms with Crippen molar-refractivity contribution in [2.24, 2.45) is 0 Å². The van der Waals surface area contributed by atoms with Gasteiger partial charge in [0, 0.05) is 29.1 Å². The zero-order valence-corrected chi connectivity index (χ0v) is 19.3. The van der Waals surface area contributed by atoms with Crippen LogP contribution < -0.4 is 10.1 Å². The molecule has 0 radical (unpaired) electrons. The predicted octanol–water partition coefficient (Wildman–Crippen LogP) is 5.03. The molecule has 0 saturated heterocycles. The molecule has 0 aliphatic heterocycles. The van der Waals surface area contributed by atoms with Gasteiger partial charge in [-0.2, -0.15) is 0 Å². The number of phenolic OH excluding ortho intramolecular Hbond substituents is 1. The van der Waals surface area contributed by atoms with Gasteiger partial charge in [0.05, 0.1) is 0 Å². The first kappa shape index (κ1) is 23.0. The molecule has 7 nitrogen and oxygen atoms in total. The van der Waals surface area contributed by atoms with Crippen LogP contribution in [-0.4, -0.2) is 33.1 Å². The van der Waals surface area contributed by atoms with Gasteiger partial charge >= 0.3 is 5.97 Å². The third kappa shape index (κ3) is 5.00. The standard InChI is InChI=1S/C29H24N2O5/c32-23-9-11-26-25(15-23)22(16-30-26)14-27(29(34)35)31-28(33)21-7-6-20-13-24(10-8-19(20)12-21)36-17-18-4-2-1-3-5-18/h1-13,15-16,27,30,32H,14,17H2,(H,31,33)(H,34,35)/t27-/m0/s1. The monoisotopic (exact) mass is 480 g/mol. The topological polar surface area (TPSA) is 112 Å². The van der Waals surface area contributed by atoms with Gasteiger partial charge in [0.25, 0.3) is 5.91 Å². The molecule has 1 atom stereocenters. The minimum atomic E-state index is -1.14. The number of benzene rings is 4. The van der Waals surface area contributed by atoms with Gasteiger partial charge in [-0.05, 0) is 64.4 Å². The van der Waals surface area contributed by atoms with Crippen LogP contribution in [-0.2, 0) is 17.8 Å². The van der Waals surface area contributed by atoms with Crippen molar-refractivity contribution in [3.05, 3.63) is 108 Å². The number of rotatable bonds is 8. The second-order valence-electron chi connectivity index (χ2n) is 8.61. The molecule has 0 spiro atoms. The van der Waals surface area contributed by atoms with Crippen molar-refractivity contribution in [1.82, 2.24) is 10.3 Å². The summed E-state index contributed by atoms with van der Waals surface area (Å²) in [5, 5.41) is 24.6. The Morgan fingerprint density at radius 1 is 0.917 bits per heavy atom. The van der Waals surface area contributed by atoms with Gasteiger partial charge < -0.3 is 25.3 Å². The number of ether oxygens (including phenoxy) is 1. The maximum Gasteiger partial charge on any atom is 0.326 e. The number of aromatic hydroxyl groups is 1. The van der Waals surface area contributed by atoms with Gasteiger partial charge in [-0.25, -0.2) is 4.79 Å². The lowest BCUT2D eigenvalue weighted by molar-refractivity contribution is -0.139. The fourth-order valence-corrected chi connectivity index (χ4v) is 4.19. The number of H-pyrrole nitrogens is 1. The molecule has 1 aromatic heterocycles. The third-order valence-corrected chi connectivity index (χ3v) is 6.10. The maximum atomic E-state index is 12.9. The highest BCUT2D eigenvalue weighted by Crippen LogP contribution is 2.25. The number of carbonyl (C=O) groups excluding carboxylic acids is 1. The van der Waals surface area contributed by atoms with Crippen LogP contribution in [0.2, 0.25) is 0 Å². The summed E-state index contributed by atoms with van der Waals surface area (Å²) in [6.07, 6.45) is 1.76. The summed E-state index contributed by atoms with van der Waals surface area (Å²) in [6, 6.07) is 24.4. The molecule has 7 heteroatoms. The fraction of sp³-hybridized carbons (Fsp3) is 0.103. The quantitative estimate of drug-likeness (QED) is 0.249. The van der Waals surface area contributed by atoms with Crippen LogP contribution in [0, 0.1) is 0 Å². The third-order valence-electron chi connectivity index (χ3n) is 6.10. The van der Waals surface area contributed by atoms with Crippen molar-refractivity contribution in [3.63, 3.8) is 0 Å². The van der Waals surface area contributed by atoms with Gasteiger partial charge in [-0.15, -0.1) is 0 Å². The van der Waals surface area contributed by atoms with E-state index in [1.807, 2.05) is 54.6 Å². The van der Waals surface area contributed by atoms with Crippen molar-refractivity contribution in [2.75, 3.05) is 0 Å². The van der Waals surface area contributed by atoms with Crippen LogP contribution >= 0.6 is 0 Å². The van der Waals surface area contributed by atoms with E-state index in [-0.39, 0.29) is 12.2 Å². The van der Waals surface area contributed by atoms with Gasteiger partial charge in [-0.1, -0.05) is 42.5 Å². The number of amides is 1. The van der Waals surface area contributed by atoms with Crippen molar-refractivity contribution in [2.45, 2.75) is 19.1 Å². The maximum absolute atomic E-state index is 12.9. The van der Waals surface area contributed by atoms with Crippen LogP contribution in [0.25, 0.3) is 21.7 Å². The lowest BCUT2D eigenvalue weighted by Gasteiger charge is -2.15. The first-order valence-electron chi connectivity index (χ1n) is 11.5. The molecule has 0 unspecified atom stereocenters. The normalized spacial score (nSPS) is 11.9. The second kappa shape index (κ2) is 9.84. The van der Waals surface area contributed by atoms with Gasteiger partial charge in [0.15, 0.2) is 0 Å². The molecular weight excluding hydrogens is 456 g/mol. The van der Waals surface area contributed by atoms with Gasteiger partial charge in [0.1, 0.15) is 24.1 Å². The minimum absolute atomic E-state index is 0.0697. The zero-order chi connectivity index (χ0) is 25.1. The number of fused-ring (bicyclic) bond motifs is 2. The number of hydrogen-bond donors (Lipinski definition) is 4. The molecule has 5 rings (SSSR count). The molecule has 0 fully saturated rings. The number of aliphatic carboxylic acids is 1. The Balaban J connectivity index is 1.30. The molecule has 36 heavy (non-hydrogen) atoms. The second-order valence-corrected chi connectivity index (χ2v) is 8.61. The van der Waals surface area contributed by atoms with Crippen LogP contribution in [0.3, 0.4) is 0 Å². The highest BCUT2D eigenvalue weighted by Gasteiger charge is 2.23. The van der Waals surface area contributed by atoms with Crippen LogP contribution in [0.5, 0.6) is 11.5 Å². The van der Waals surface area contributed by atoms with E-state index < -0.39 is 17.9 Å². The van der Waals surface area contributed by atoms with Crippen LogP contribution in [0.15, 0.2) is 91.1 Å². The summed E-state index contributed by atoms with van der Waals surface area (Å²) in [5.41, 5.74) is 2.90. The molecule has 180 valence electrons. The molecule has 4 N–H and O–H groups in total. The van der Waals surface area contributed by atoms with E-state index in [4.69, 9.17) is 4.74 Å². The SMILES string of the molecule is O=C(N[C@@H](Cc1c[nH]c2ccc(O)cc12)C(=O)O)c1ccc2cc(OCc3ccccc3)ccc2c1.